The highest BCUT2D eigenvalue weighted by molar-refractivity contribution is 5.95. The number of urea groups is 1. The Hall–Kier alpha value is -2.04. The Morgan fingerprint density at radius 2 is 2.00 bits per heavy atom. The third kappa shape index (κ3) is 3.48. The van der Waals surface area contributed by atoms with E-state index in [9.17, 15) is 4.79 Å². The van der Waals surface area contributed by atoms with Crippen molar-refractivity contribution >= 4 is 11.9 Å². The summed E-state index contributed by atoms with van der Waals surface area (Å²) in [6.07, 6.45) is 0. The second kappa shape index (κ2) is 6.05. The van der Waals surface area contributed by atoms with Crippen molar-refractivity contribution in [3.8, 4) is 0 Å². The molecule has 5 nitrogen and oxygen atoms in total. The van der Waals surface area contributed by atoms with Crippen LogP contribution >= 0.6 is 0 Å². The summed E-state index contributed by atoms with van der Waals surface area (Å²) in [6.45, 7) is 3.11. The van der Waals surface area contributed by atoms with Crippen LogP contribution in [0, 0.1) is 5.41 Å². The van der Waals surface area contributed by atoms with Crippen molar-refractivity contribution in [2.45, 2.75) is 13.5 Å². The topological polar surface area (TPSA) is 73.4 Å². The predicted molar refractivity (Wildman–Crippen MR) is 72.6 cm³/mol. The molecule has 18 heavy (non-hydrogen) atoms. The second-order valence-corrected chi connectivity index (χ2v) is 4.27. The number of hydrogen-bond donors (Lipinski definition) is 2. The third-order valence-electron chi connectivity index (χ3n) is 2.79. The number of rotatable bonds is 4. The van der Waals surface area contributed by atoms with Gasteiger partial charge in [-0.3, -0.25) is 5.41 Å². The summed E-state index contributed by atoms with van der Waals surface area (Å²) in [5.74, 6) is 0.0384. The largest absolute Gasteiger partial charge is 0.384 e. The van der Waals surface area contributed by atoms with Crippen molar-refractivity contribution in [1.29, 1.82) is 5.41 Å². The molecule has 5 heteroatoms. The first-order chi connectivity index (χ1) is 8.45. The highest BCUT2D eigenvalue weighted by atomic mass is 16.2. The lowest BCUT2D eigenvalue weighted by atomic mass is 10.1. The first kappa shape index (κ1) is 14.0. The van der Waals surface area contributed by atoms with Gasteiger partial charge >= 0.3 is 6.03 Å². The van der Waals surface area contributed by atoms with E-state index in [4.69, 9.17) is 11.1 Å². The number of nitrogens with one attached hydrogen (secondary N) is 1. The summed E-state index contributed by atoms with van der Waals surface area (Å²) < 4.78 is 0. The smallest absolute Gasteiger partial charge is 0.319 e. The van der Waals surface area contributed by atoms with Crippen molar-refractivity contribution in [1.82, 2.24) is 9.80 Å². The molecule has 0 spiro atoms. The Balaban J connectivity index is 2.75. The Kier molecular flexibility index (Phi) is 4.71. The van der Waals surface area contributed by atoms with Gasteiger partial charge in [0.25, 0.3) is 0 Å². The van der Waals surface area contributed by atoms with Crippen molar-refractivity contribution in [3.63, 3.8) is 0 Å². The average Bonchev–Trinajstić information content (AvgIpc) is 2.37. The Labute approximate surface area is 108 Å². The molecule has 0 aliphatic heterocycles. The quantitative estimate of drug-likeness (QED) is 0.625. The molecule has 0 atom stereocenters. The summed E-state index contributed by atoms with van der Waals surface area (Å²) in [4.78, 5) is 15.2. The summed E-state index contributed by atoms with van der Waals surface area (Å²) in [7, 11) is 3.53. The number of amidine groups is 1. The lowest BCUT2D eigenvalue weighted by Crippen LogP contribution is -2.38. The summed E-state index contributed by atoms with van der Waals surface area (Å²) in [6, 6.07) is 7.35. The monoisotopic (exact) mass is 248 g/mol. The van der Waals surface area contributed by atoms with E-state index < -0.39 is 0 Å². The molecule has 1 rings (SSSR count). The van der Waals surface area contributed by atoms with Crippen LogP contribution in [0.1, 0.15) is 18.1 Å². The molecule has 2 amide bonds. The molecule has 0 heterocycles. The van der Waals surface area contributed by atoms with Crippen molar-refractivity contribution < 1.29 is 4.79 Å². The van der Waals surface area contributed by atoms with E-state index in [1.54, 1.807) is 30.0 Å². The van der Waals surface area contributed by atoms with Gasteiger partial charge < -0.3 is 15.5 Å². The van der Waals surface area contributed by atoms with E-state index in [0.29, 0.717) is 18.7 Å². The van der Waals surface area contributed by atoms with Gasteiger partial charge in [0.05, 0.1) is 0 Å². The first-order valence-corrected chi connectivity index (χ1v) is 5.85. The fourth-order valence-corrected chi connectivity index (χ4v) is 1.61. The molecule has 0 saturated carbocycles. The number of amides is 2. The molecule has 98 valence electrons. The van der Waals surface area contributed by atoms with E-state index in [0.717, 1.165) is 5.56 Å². The molecule has 0 bridgehead atoms. The van der Waals surface area contributed by atoms with Gasteiger partial charge in [-0.15, -0.1) is 0 Å². The van der Waals surface area contributed by atoms with Gasteiger partial charge in [-0.1, -0.05) is 18.2 Å². The normalized spacial score (nSPS) is 9.94. The van der Waals surface area contributed by atoms with Gasteiger partial charge in [0.1, 0.15) is 5.84 Å². The molecule has 3 N–H and O–H groups in total. The molecule has 0 saturated heterocycles. The summed E-state index contributed by atoms with van der Waals surface area (Å²) >= 11 is 0. The van der Waals surface area contributed by atoms with E-state index >= 15 is 0 Å². The maximum Gasteiger partial charge on any atom is 0.319 e. The number of hydrogen-bond acceptors (Lipinski definition) is 2. The molecule has 0 aliphatic carbocycles. The van der Waals surface area contributed by atoms with Gasteiger partial charge in [0, 0.05) is 32.7 Å². The molecule has 0 fully saturated rings. The zero-order valence-electron chi connectivity index (χ0n) is 11.1. The number of benzene rings is 1. The van der Waals surface area contributed by atoms with Gasteiger partial charge in [-0.05, 0) is 18.6 Å². The lowest BCUT2D eigenvalue weighted by Gasteiger charge is -2.24. The fraction of sp³-hybridized carbons (Fsp3) is 0.385. The zero-order valence-corrected chi connectivity index (χ0v) is 11.1. The van der Waals surface area contributed by atoms with E-state index in [1.807, 2.05) is 25.1 Å². The van der Waals surface area contributed by atoms with Crippen LogP contribution in [0.2, 0.25) is 0 Å². The van der Waals surface area contributed by atoms with Crippen LogP contribution < -0.4 is 5.73 Å². The van der Waals surface area contributed by atoms with E-state index in [-0.39, 0.29) is 11.9 Å². The molecule has 0 radical (unpaired) electrons. The van der Waals surface area contributed by atoms with Crippen LogP contribution in [0.3, 0.4) is 0 Å². The fourth-order valence-electron chi connectivity index (χ4n) is 1.61. The Bertz CT molecular complexity index is 444. The number of carbonyl (C=O) groups excluding carboxylic acids is 1. The molecule has 1 aromatic rings. The summed E-state index contributed by atoms with van der Waals surface area (Å²) in [5.41, 5.74) is 7.08. The predicted octanol–water partition coefficient (Wildman–Crippen LogP) is 1.47. The minimum absolute atomic E-state index is 0.0225. The van der Waals surface area contributed by atoms with Gasteiger partial charge in [-0.2, -0.15) is 0 Å². The van der Waals surface area contributed by atoms with Crippen molar-refractivity contribution in [3.05, 3.63) is 35.4 Å². The van der Waals surface area contributed by atoms with Crippen LogP contribution in [0.15, 0.2) is 24.3 Å². The van der Waals surface area contributed by atoms with Gasteiger partial charge in [-0.25, -0.2) is 4.79 Å². The minimum atomic E-state index is -0.0225. The molecule has 0 aliphatic rings. The van der Waals surface area contributed by atoms with Crippen molar-refractivity contribution in [2.75, 3.05) is 20.6 Å². The van der Waals surface area contributed by atoms with Crippen molar-refractivity contribution in [2.24, 2.45) is 5.73 Å². The number of nitrogen functional groups attached to an aromatic ring is 1. The molecular weight excluding hydrogens is 228 g/mol. The standard InChI is InChI=1S/C13H20N4O/c1-4-16(2)13(18)17(3)9-10-6-5-7-11(8-10)12(14)15/h5-8H,4,9H2,1-3H3,(H3,14,15). The zero-order chi connectivity index (χ0) is 13.7. The first-order valence-electron chi connectivity index (χ1n) is 5.85. The molecular formula is C13H20N4O. The van der Waals surface area contributed by atoms with Crippen LogP contribution in [0.4, 0.5) is 4.79 Å². The number of nitrogens with two attached hydrogens (primary N) is 1. The summed E-state index contributed by atoms with van der Waals surface area (Å²) in [5, 5.41) is 7.39. The minimum Gasteiger partial charge on any atom is -0.384 e. The maximum absolute atomic E-state index is 11.9. The average molecular weight is 248 g/mol. The maximum atomic E-state index is 11.9. The molecule has 0 unspecified atom stereocenters. The Morgan fingerprint density at radius 1 is 1.33 bits per heavy atom. The SMILES string of the molecule is CCN(C)C(=O)N(C)Cc1cccc(C(=N)N)c1. The lowest BCUT2D eigenvalue weighted by molar-refractivity contribution is 0.173. The molecule has 0 aromatic heterocycles. The third-order valence-corrected chi connectivity index (χ3v) is 2.79. The van der Waals surface area contributed by atoms with E-state index in [2.05, 4.69) is 0 Å². The van der Waals surface area contributed by atoms with Crippen LogP contribution in [-0.2, 0) is 6.54 Å². The van der Waals surface area contributed by atoms with Crippen LogP contribution in [0.5, 0.6) is 0 Å². The van der Waals surface area contributed by atoms with Gasteiger partial charge in [0.2, 0.25) is 0 Å². The van der Waals surface area contributed by atoms with Crippen LogP contribution in [0.25, 0.3) is 0 Å². The van der Waals surface area contributed by atoms with E-state index in [1.165, 1.54) is 0 Å². The second-order valence-electron chi connectivity index (χ2n) is 4.27. The number of carbonyl (C=O) groups is 1. The highest BCUT2D eigenvalue weighted by Crippen LogP contribution is 2.08. The Morgan fingerprint density at radius 3 is 2.56 bits per heavy atom. The highest BCUT2D eigenvalue weighted by Gasteiger charge is 2.12. The number of nitrogens with zero attached hydrogens (tertiary/aromatic N) is 2. The molecule has 1 aromatic carbocycles. The van der Waals surface area contributed by atoms with Gasteiger partial charge in [0.15, 0.2) is 0 Å². The van der Waals surface area contributed by atoms with Crippen LogP contribution in [-0.4, -0.2) is 42.3 Å².